The van der Waals surface area contributed by atoms with Crippen molar-refractivity contribution in [1.82, 2.24) is 4.90 Å². The normalized spacial score (nSPS) is 21.6. The number of aliphatic hydroxyl groups excluding tert-OH is 2. The minimum absolute atomic E-state index is 0.0385. The summed E-state index contributed by atoms with van der Waals surface area (Å²) >= 11 is 0. The number of anilines is 1. The van der Waals surface area contributed by atoms with Gasteiger partial charge in [-0.3, -0.25) is 4.90 Å². The molecule has 3 heterocycles. The summed E-state index contributed by atoms with van der Waals surface area (Å²) < 4.78 is 22.4. The summed E-state index contributed by atoms with van der Waals surface area (Å²) in [6.45, 7) is 0.102. The van der Waals surface area contributed by atoms with Crippen molar-refractivity contribution in [2.24, 2.45) is 0 Å². The van der Waals surface area contributed by atoms with Gasteiger partial charge in [-0.15, -0.1) is 0 Å². The molecule has 31 heavy (non-hydrogen) atoms. The standard InChI is InChI=1S/C22H24N2O7/c1-24-6-5-10-15(13(8-26)20-21(17(10)23)30-9-29-20)18(24)19-11-3-4-14(28-2)12(7-25)16(11)22(27)31-19/h3-4,18-19,25-26H,5-9,23H2,1-2H3. The number of rotatable bonds is 4. The van der Waals surface area contributed by atoms with Gasteiger partial charge in [0.25, 0.3) is 0 Å². The fraction of sp³-hybridized carbons (Fsp3) is 0.409. The van der Waals surface area contributed by atoms with Gasteiger partial charge in [-0.25, -0.2) is 4.79 Å². The molecular weight excluding hydrogens is 404 g/mol. The number of methoxy groups -OCH3 is 1. The van der Waals surface area contributed by atoms with E-state index >= 15 is 0 Å². The third kappa shape index (κ3) is 2.70. The van der Waals surface area contributed by atoms with Crippen molar-refractivity contribution in [2.45, 2.75) is 31.8 Å². The molecule has 9 heteroatoms. The zero-order valence-corrected chi connectivity index (χ0v) is 17.3. The van der Waals surface area contributed by atoms with Crippen LogP contribution in [0.25, 0.3) is 0 Å². The van der Waals surface area contributed by atoms with Crippen molar-refractivity contribution >= 4 is 11.7 Å². The Bertz CT molecular complexity index is 1080. The Morgan fingerprint density at radius 2 is 1.94 bits per heavy atom. The van der Waals surface area contributed by atoms with Gasteiger partial charge in [0.2, 0.25) is 6.79 Å². The summed E-state index contributed by atoms with van der Waals surface area (Å²) in [5, 5.41) is 20.1. The van der Waals surface area contributed by atoms with Crippen molar-refractivity contribution in [1.29, 1.82) is 0 Å². The molecule has 0 saturated carbocycles. The van der Waals surface area contributed by atoms with Crippen LogP contribution in [0.5, 0.6) is 17.2 Å². The number of nitrogen functional groups attached to an aromatic ring is 1. The Morgan fingerprint density at radius 1 is 1.19 bits per heavy atom. The third-order valence-electron chi connectivity index (χ3n) is 6.46. The van der Waals surface area contributed by atoms with Gasteiger partial charge < -0.3 is 34.9 Å². The van der Waals surface area contributed by atoms with Crippen LogP contribution >= 0.6 is 0 Å². The molecule has 0 radical (unpaired) electrons. The van der Waals surface area contributed by atoms with Crippen LogP contribution in [0.4, 0.5) is 5.69 Å². The summed E-state index contributed by atoms with van der Waals surface area (Å²) in [4.78, 5) is 14.9. The van der Waals surface area contributed by atoms with Gasteiger partial charge >= 0.3 is 5.97 Å². The molecule has 0 bridgehead atoms. The Kier molecular flexibility index (Phi) is 4.69. The van der Waals surface area contributed by atoms with Gasteiger partial charge in [0.1, 0.15) is 11.9 Å². The Hall–Kier alpha value is -3.01. The predicted molar refractivity (Wildman–Crippen MR) is 109 cm³/mol. The number of ether oxygens (including phenoxy) is 4. The highest BCUT2D eigenvalue weighted by atomic mass is 16.7. The second kappa shape index (κ2) is 7.30. The number of benzene rings is 2. The Balaban J connectivity index is 1.72. The van der Waals surface area contributed by atoms with Crippen LogP contribution in [0.15, 0.2) is 12.1 Å². The summed E-state index contributed by atoms with van der Waals surface area (Å²) in [6, 6.07) is 3.12. The number of aliphatic hydroxyl groups is 2. The molecule has 2 atom stereocenters. The van der Waals surface area contributed by atoms with Crippen LogP contribution in [0.2, 0.25) is 0 Å². The maximum absolute atomic E-state index is 12.9. The molecule has 164 valence electrons. The van der Waals surface area contributed by atoms with Gasteiger partial charge in [-0.05, 0) is 30.7 Å². The highest BCUT2D eigenvalue weighted by Gasteiger charge is 2.45. The molecule has 4 N–H and O–H groups in total. The first-order valence-corrected chi connectivity index (χ1v) is 10.1. The zero-order valence-electron chi connectivity index (χ0n) is 17.3. The molecule has 0 spiro atoms. The van der Waals surface area contributed by atoms with Crippen molar-refractivity contribution in [3.63, 3.8) is 0 Å². The number of esters is 1. The van der Waals surface area contributed by atoms with Crippen LogP contribution in [-0.4, -0.2) is 48.6 Å². The maximum Gasteiger partial charge on any atom is 0.339 e. The molecule has 3 aliphatic rings. The lowest BCUT2D eigenvalue weighted by molar-refractivity contribution is 0.00893. The summed E-state index contributed by atoms with van der Waals surface area (Å²) in [5.74, 6) is 0.819. The SMILES string of the molecule is COc1ccc2c(c1CO)C(=O)OC2C1c2c(c(N)c3c(c2CO)OCO3)CCN1C. The van der Waals surface area contributed by atoms with E-state index in [0.29, 0.717) is 58.2 Å². The first kappa shape index (κ1) is 19.9. The monoisotopic (exact) mass is 428 g/mol. The third-order valence-corrected chi connectivity index (χ3v) is 6.46. The Labute approximate surface area is 178 Å². The van der Waals surface area contributed by atoms with E-state index in [1.54, 1.807) is 12.1 Å². The molecule has 3 aliphatic heterocycles. The maximum atomic E-state index is 12.9. The van der Waals surface area contributed by atoms with E-state index in [-0.39, 0.29) is 20.0 Å². The topological polar surface area (TPSA) is 124 Å². The molecule has 0 aromatic heterocycles. The second-order valence-corrected chi connectivity index (χ2v) is 7.88. The summed E-state index contributed by atoms with van der Waals surface area (Å²) in [6.07, 6.45) is 0.0170. The molecule has 2 aromatic rings. The number of cyclic esters (lactones) is 1. The van der Waals surface area contributed by atoms with Crippen molar-refractivity contribution in [3.05, 3.63) is 45.5 Å². The van der Waals surface area contributed by atoms with E-state index in [9.17, 15) is 15.0 Å². The zero-order chi connectivity index (χ0) is 21.9. The highest BCUT2D eigenvalue weighted by molar-refractivity contribution is 5.96. The molecule has 0 fully saturated rings. The van der Waals surface area contributed by atoms with Crippen molar-refractivity contribution in [2.75, 3.05) is 33.2 Å². The average Bonchev–Trinajstić information content (AvgIpc) is 3.39. The van der Waals surface area contributed by atoms with Crippen LogP contribution in [0, 0.1) is 0 Å². The molecule has 5 rings (SSSR count). The number of hydrogen-bond acceptors (Lipinski definition) is 9. The lowest BCUT2D eigenvalue weighted by atomic mass is 9.82. The number of carbonyl (C=O) groups is 1. The molecule has 0 saturated heterocycles. The number of likely N-dealkylation sites (N-methyl/N-ethyl adjacent to an activating group) is 1. The molecule has 2 aromatic carbocycles. The summed E-state index contributed by atoms with van der Waals surface area (Å²) in [7, 11) is 3.43. The van der Waals surface area contributed by atoms with Crippen LogP contribution in [-0.2, 0) is 24.4 Å². The highest BCUT2D eigenvalue weighted by Crippen LogP contribution is 2.54. The van der Waals surface area contributed by atoms with Gasteiger partial charge in [-0.2, -0.15) is 0 Å². The fourth-order valence-electron chi connectivity index (χ4n) is 5.05. The molecule has 0 aliphatic carbocycles. The number of nitrogens with two attached hydrogens (primary N) is 1. The second-order valence-electron chi connectivity index (χ2n) is 7.88. The lowest BCUT2D eigenvalue weighted by Crippen LogP contribution is -2.37. The van der Waals surface area contributed by atoms with E-state index < -0.39 is 18.1 Å². The predicted octanol–water partition coefficient (Wildman–Crippen LogP) is 1.43. The number of hydrogen-bond donors (Lipinski definition) is 3. The van der Waals surface area contributed by atoms with Crippen LogP contribution in [0.1, 0.15) is 50.3 Å². The van der Waals surface area contributed by atoms with E-state index in [1.807, 2.05) is 7.05 Å². The molecular formula is C22H24N2O7. The number of fused-ring (bicyclic) bond motifs is 3. The van der Waals surface area contributed by atoms with Gasteiger partial charge in [0.05, 0.1) is 37.6 Å². The van der Waals surface area contributed by atoms with Gasteiger partial charge in [-0.1, -0.05) is 6.07 Å². The number of carbonyl (C=O) groups excluding carboxylic acids is 1. The van der Waals surface area contributed by atoms with Gasteiger partial charge in [0.15, 0.2) is 11.5 Å². The smallest absolute Gasteiger partial charge is 0.339 e. The Morgan fingerprint density at radius 3 is 2.65 bits per heavy atom. The van der Waals surface area contributed by atoms with E-state index in [0.717, 1.165) is 11.1 Å². The van der Waals surface area contributed by atoms with E-state index in [1.165, 1.54) is 7.11 Å². The number of nitrogens with zero attached hydrogens (tertiary/aromatic N) is 1. The average molecular weight is 428 g/mol. The van der Waals surface area contributed by atoms with Crippen LogP contribution < -0.4 is 19.9 Å². The quantitative estimate of drug-likeness (QED) is 0.490. The van der Waals surface area contributed by atoms with Crippen LogP contribution in [0.3, 0.4) is 0 Å². The fourth-order valence-corrected chi connectivity index (χ4v) is 5.05. The minimum atomic E-state index is -0.646. The first-order chi connectivity index (χ1) is 15.0. The first-order valence-electron chi connectivity index (χ1n) is 10.1. The molecule has 0 amide bonds. The van der Waals surface area contributed by atoms with E-state index in [4.69, 9.17) is 24.7 Å². The van der Waals surface area contributed by atoms with Crippen molar-refractivity contribution in [3.8, 4) is 17.2 Å². The van der Waals surface area contributed by atoms with E-state index in [2.05, 4.69) is 4.90 Å². The molecule has 9 nitrogen and oxygen atoms in total. The minimum Gasteiger partial charge on any atom is -0.496 e. The lowest BCUT2D eigenvalue weighted by Gasteiger charge is -2.39. The summed E-state index contributed by atoms with van der Waals surface area (Å²) in [5.41, 5.74) is 10.6. The van der Waals surface area contributed by atoms with Crippen molar-refractivity contribution < 1.29 is 34.0 Å². The van der Waals surface area contributed by atoms with Gasteiger partial charge in [0, 0.05) is 23.2 Å². The molecule has 2 unspecified atom stereocenters. The largest absolute Gasteiger partial charge is 0.496 e.